The second kappa shape index (κ2) is 10.8. The molecule has 9 nitrogen and oxygen atoms in total. The van der Waals surface area contributed by atoms with Crippen LogP contribution in [0.5, 0.6) is 0 Å². The molecule has 1 aliphatic heterocycles. The standard InChI is InChI=1S/C26H27IN6O3/c27-20-15-28-26(29-18-9-7-17(8-10-18)25(36)33-13-11-19(34)12-14-33)32-23(20)30-21-3-1-2-4-22(21)31-24(35)16-5-6-16/h1-4,7-10,15-16,19,34H,5-6,11-14H2,(H,31,35)(H2,28,29,30,32). The molecular formula is C26H27IN6O3. The molecule has 10 heteroatoms. The maximum atomic E-state index is 12.7. The van der Waals surface area contributed by atoms with Crippen LogP contribution in [0.2, 0.25) is 0 Å². The van der Waals surface area contributed by atoms with Gasteiger partial charge in [-0.25, -0.2) is 4.98 Å². The quantitative estimate of drug-likeness (QED) is 0.296. The number of benzene rings is 2. The van der Waals surface area contributed by atoms with Crippen LogP contribution in [0.25, 0.3) is 0 Å². The molecule has 0 bridgehead atoms. The molecule has 0 unspecified atom stereocenters. The van der Waals surface area contributed by atoms with E-state index < -0.39 is 0 Å². The summed E-state index contributed by atoms with van der Waals surface area (Å²) in [5, 5.41) is 19.2. The smallest absolute Gasteiger partial charge is 0.253 e. The molecule has 2 amide bonds. The Kier molecular flexibility index (Phi) is 7.33. The van der Waals surface area contributed by atoms with Crippen LogP contribution in [0.15, 0.2) is 54.7 Å². The van der Waals surface area contributed by atoms with Crippen molar-refractivity contribution in [3.63, 3.8) is 0 Å². The Hall–Kier alpha value is -3.25. The number of aromatic nitrogens is 2. The van der Waals surface area contributed by atoms with Crippen molar-refractivity contribution in [1.82, 2.24) is 14.9 Å². The number of nitrogens with zero attached hydrogens (tertiary/aromatic N) is 3. The molecule has 2 aromatic carbocycles. The highest BCUT2D eigenvalue weighted by Gasteiger charge is 2.30. The maximum absolute atomic E-state index is 12.7. The van der Waals surface area contributed by atoms with Crippen LogP contribution in [0.3, 0.4) is 0 Å². The Balaban J connectivity index is 1.26. The Morgan fingerprint density at radius 1 is 0.944 bits per heavy atom. The summed E-state index contributed by atoms with van der Waals surface area (Å²) in [4.78, 5) is 35.8. The van der Waals surface area contributed by atoms with E-state index in [-0.39, 0.29) is 23.8 Å². The van der Waals surface area contributed by atoms with Crippen LogP contribution in [0.1, 0.15) is 36.0 Å². The largest absolute Gasteiger partial charge is 0.393 e. The van der Waals surface area contributed by atoms with Crippen LogP contribution >= 0.6 is 22.6 Å². The second-order valence-electron chi connectivity index (χ2n) is 9.05. The molecule has 2 heterocycles. The van der Waals surface area contributed by atoms with Gasteiger partial charge in [0, 0.05) is 36.5 Å². The molecule has 4 N–H and O–H groups in total. The van der Waals surface area contributed by atoms with Gasteiger partial charge in [0.25, 0.3) is 5.91 Å². The average molecular weight is 598 g/mol. The number of rotatable bonds is 7. The fourth-order valence-corrected chi connectivity index (χ4v) is 4.40. The Morgan fingerprint density at radius 3 is 2.33 bits per heavy atom. The number of carbonyl (C=O) groups is 2. The van der Waals surface area contributed by atoms with E-state index in [0.29, 0.717) is 48.9 Å². The van der Waals surface area contributed by atoms with Gasteiger partial charge in [0.2, 0.25) is 11.9 Å². The molecular weight excluding hydrogens is 571 g/mol. The van der Waals surface area contributed by atoms with Gasteiger partial charge in [-0.2, -0.15) is 4.98 Å². The summed E-state index contributed by atoms with van der Waals surface area (Å²) >= 11 is 2.17. The minimum absolute atomic E-state index is 0.0297. The number of piperidine rings is 1. The first-order chi connectivity index (χ1) is 17.5. The monoisotopic (exact) mass is 598 g/mol. The fourth-order valence-electron chi connectivity index (χ4n) is 4.00. The Bertz CT molecular complexity index is 1260. The molecule has 0 radical (unpaired) electrons. The lowest BCUT2D eigenvalue weighted by atomic mass is 10.1. The zero-order valence-electron chi connectivity index (χ0n) is 19.6. The van der Waals surface area contributed by atoms with Crippen LogP contribution in [0.4, 0.5) is 28.8 Å². The van der Waals surface area contributed by atoms with Gasteiger partial charge in [0.15, 0.2) is 0 Å². The minimum atomic E-state index is -0.316. The van der Waals surface area contributed by atoms with Crippen LogP contribution in [0, 0.1) is 9.49 Å². The maximum Gasteiger partial charge on any atom is 0.253 e. The molecule has 1 saturated heterocycles. The van der Waals surface area contributed by atoms with E-state index in [1.165, 1.54) is 0 Å². The van der Waals surface area contributed by atoms with Crippen molar-refractivity contribution in [3.05, 3.63) is 63.9 Å². The van der Waals surface area contributed by atoms with Crippen molar-refractivity contribution in [3.8, 4) is 0 Å². The number of amides is 2. The number of anilines is 5. The summed E-state index contributed by atoms with van der Waals surface area (Å²) in [6.45, 7) is 1.14. The summed E-state index contributed by atoms with van der Waals surface area (Å²) in [6, 6.07) is 14.7. The molecule has 186 valence electrons. The topological polar surface area (TPSA) is 119 Å². The lowest BCUT2D eigenvalue weighted by Crippen LogP contribution is -2.40. The molecule has 0 atom stereocenters. The van der Waals surface area contributed by atoms with Crippen molar-refractivity contribution >= 4 is 63.2 Å². The van der Waals surface area contributed by atoms with Gasteiger partial charge in [-0.1, -0.05) is 12.1 Å². The highest BCUT2D eigenvalue weighted by molar-refractivity contribution is 14.1. The minimum Gasteiger partial charge on any atom is -0.393 e. The lowest BCUT2D eigenvalue weighted by Gasteiger charge is -2.29. The first-order valence-electron chi connectivity index (χ1n) is 12.0. The van der Waals surface area contributed by atoms with Gasteiger partial charge in [-0.15, -0.1) is 0 Å². The summed E-state index contributed by atoms with van der Waals surface area (Å²) in [7, 11) is 0. The third-order valence-electron chi connectivity index (χ3n) is 6.27. The van der Waals surface area contributed by atoms with Crippen molar-refractivity contribution in [2.24, 2.45) is 5.92 Å². The molecule has 0 spiro atoms. The molecule has 1 aliphatic carbocycles. The number of aliphatic hydroxyl groups excluding tert-OH is 1. The SMILES string of the molecule is O=C(Nc1ccccc1Nc1nc(Nc2ccc(C(=O)N3CCC(O)CC3)cc2)ncc1I)C1CC1. The summed E-state index contributed by atoms with van der Waals surface area (Å²) in [5.41, 5.74) is 2.82. The average Bonchev–Trinajstić information content (AvgIpc) is 3.74. The number of halogens is 1. The summed E-state index contributed by atoms with van der Waals surface area (Å²) < 4.78 is 0.828. The molecule has 1 aromatic heterocycles. The number of hydrogen-bond acceptors (Lipinski definition) is 7. The summed E-state index contributed by atoms with van der Waals surface area (Å²) in [5.74, 6) is 1.14. The van der Waals surface area contributed by atoms with E-state index in [2.05, 4.69) is 48.5 Å². The van der Waals surface area contributed by atoms with Crippen LogP contribution in [-0.4, -0.2) is 51.0 Å². The first kappa shape index (κ1) is 24.4. The molecule has 2 aliphatic rings. The number of aliphatic hydroxyl groups is 1. The van der Waals surface area contributed by atoms with Gasteiger partial charge in [0.05, 0.1) is 21.0 Å². The van der Waals surface area contributed by atoms with E-state index in [1.54, 1.807) is 23.2 Å². The number of para-hydroxylation sites is 2. The number of nitrogens with one attached hydrogen (secondary N) is 3. The number of hydrogen-bond donors (Lipinski definition) is 4. The molecule has 2 fully saturated rings. The summed E-state index contributed by atoms with van der Waals surface area (Å²) in [6.07, 6.45) is 4.51. The van der Waals surface area contributed by atoms with Gasteiger partial charge < -0.3 is 26.0 Å². The van der Waals surface area contributed by atoms with E-state index in [1.807, 2.05) is 36.4 Å². The van der Waals surface area contributed by atoms with E-state index >= 15 is 0 Å². The normalized spacial score (nSPS) is 15.9. The van der Waals surface area contributed by atoms with Crippen molar-refractivity contribution in [2.75, 3.05) is 29.0 Å². The highest BCUT2D eigenvalue weighted by atomic mass is 127. The number of likely N-dealkylation sites (tertiary alicyclic amines) is 1. The number of carbonyl (C=O) groups excluding carboxylic acids is 2. The van der Waals surface area contributed by atoms with Crippen molar-refractivity contribution in [2.45, 2.75) is 31.8 Å². The van der Waals surface area contributed by atoms with E-state index in [4.69, 9.17) is 0 Å². The third-order valence-corrected chi connectivity index (χ3v) is 7.06. The first-order valence-corrected chi connectivity index (χ1v) is 13.1. The van der Waals surface area contributed by atoms with Gasteiger partial charge in [0.1, 0.15) is 5.82 Å². The molecule has 5 rings (SSSR count). The Morgan fingerprint density at radius 2 is 1.64 bits per heavy atom. The predicted molar refractivity (Wildman–Crippen MR) is 147 cm³/mol. The molecule has 36 heavy (non-hydrogen) atoms. The zero-order chi connectivity index (χ0) is 25.1. The van der Waals surface area contributed by atoms with Gasteiger partial charge in [-0.05, 0) is 84.7 Å². The highest BCUT2D eigenvalue weighted by Crippen LogP contribution is 2.33. The van der Waals surface area contributed by atoms with Gasteiger partial charge >= 0.3 is 0 Å². The zero-order valence-corrected chi connectivity index (χ0v) is 21.7. The third kappa shape index (κ3) is 5.93. The van der Waals surface area contributed by atoms with Crippen molar-refractivity contribution < 1.29 is 14.7 Å². The van der Waals surface area contributed by atoms with Crippen molar-refractivity contribution in [1.29, 1.82) is 0 Å². The van der Waals surface area contributed by atoms with Gasteiger partial charge in [-0.3, -0.25) is 9.59 Å². The lowest BCUT2D eigenvalue weighted by molar-refractivity contribution is -0.117. The fraction of sp³-hybridized carbons (Fsp3) is 0.308. The predicted octanol–water partition coefficient (Wildman–Crippen LogP) is 4.51. The Labute approximate surface area is 222 Å². The molecule has 1 saturated carbocycles. The second-order valence-corrected chi connectivity index (χ2v) is 10.2. The van der Waals surface area contributed by atoms with E-state index in [0.717, 1.165) is 27.8 Å². The van der Waals surface area contributed by atoms with E-state index in [9.17, 15) is 14.7 Å². The van der Waals surface area contributed by atoms with Crippen LogP contribution < -0.4 is 16.0 Å². The molecule has 3 aromatic rings. The van der Waals surface area contributed by atoms with Crippen LogP contribution in [-0.2, 0) is 4.79 Å².